The number of hydrogen-bond donors (Lipinski definition) is 0. The summed E-state index contributed by atoms with van der Waals surface area (Å²) in [6.07, 6.45) is 2.09. The average Bonchev–Trinajstić information content (AvgIpc) is 2.36. The molecule has 18 heavy (non-hydrogen) atoms. The summed E-state index contributed by atoms with van der Waals surface area (Å²) in [4.78, 5) is 33.9. The van der Waals surface area contributed by atoms with Gasteiger partial charge in [-0.2, -0.15) is 0 Å². The third-order valence-corrected chi connectivity index (χ3v) is 2.42. The maximum absolute atomic E-state index is 11.5. The Morgan fingerprint density at radius 1 is 1.17 bits per heavy atom. The van der Waals surface area contributed by atoms with Gasteiger partial charge in [-0.25, -0.2) is 0 Å². The lowest BCUT2D eigenvalue weighted by Crippen LogP contribution is -2.40. The van der Waals surface area contributed by atoms with Gasteiger partial charge in [-0.15, -0.1) is 0 Å². The molecule has 1 unspecified atom stereocenters. The number of rotatable bonds is 10. The van der Waals surface area contributed by atoms with Crippen molar-refractivity contribution in [3.8, 4) is 0 Å². The first kappa shape index (κ1) is 16.8. The number of ketones is 1. The van der Waals surface area contributed by atoms with Gasteiger partial charge in [-0.05, 0) is 13.3 Å². The van der Waals surface area contributed by atoms with Crippen molar-refractivity contribution in [3.05, 3.63) is 0 Å². The fourth-order valence-electron chi connectivity index (χ4n) is 1.50. The van der Waals surface area contributed by atoms with Gasteiger partial charge in [0, 0.05) is 32.3 Å². The van der Waals surface area contributed by atoms with Crippen molar-refractivity contribution in [1.82, 2.24) is 0 Å². The molecule has 104 valence electrons. The first-order valence-corrected chi connectivity index (χ1v) is 6.37. The van der Waals surface area contributed by atoms with Crippen LogP contribution in [-0.2, 0) is 23.9 Å². The van der Waals surface area contributed by atoms with Crippen LogP contribution >= 0.6 is 0 Å². The highest BCUT2D eigenvalue weighted by Crippen LogP contribution is 2.19. The lowest BCUT2D eigenvalue weighted by molar-refractivity contribution is -0.221. The van der Waals surface area contributed by atoms with Gasteiger partial charge in [0.2, 0.25) is 0 Å². The standard InChI is InChI=1S/C13H22O5/c1-4-7-11(15)8-9-13(10-14,17-6-3)18-12(16)5-2/h10H,4-9H2,1-3H3. The molecule has 5 heteroatoms. The molecule has 0 aromatic heterocycles. The van der Waals surface area contributed by atoms with Crippen LogP contribution in [0.3, 0.4) is 0 Å². The lowest BCUT2D eigenvalue weighted by Gasteiger charge is -2.27. The van der Waals surface area contributed by atoms with Crippen LogP contribution in [0.4, 0.5) is 0 Å². The van der Waals surface area contributed by atoms with Crippen LogP contribution in [0.15, 0.2) is 0 Å². The van der Waals surface area contributed by atoms with E-state index in [0.717, 1.165) is 6.42 Å². The van der Waals surface area contributed by atoms with Gasteiger partial charge in [0.05, 0.1) is 0 Å². The number of carbonyl (C=O) groups excluding carboxylic acids is 3. The maximum atomic E-state index is 11.5. The zero-order chi connectivity index (χ0) is 14.0. The van der Waals surface area contributed by atoms with Crippen LogP contribution in [0.25, 0.3) is 0 Å². The van der Waals surface area contributed by atoms with E-state index in [1.165, 1.54) is 0 Å². The molecule has 0 rings (SSSR count). The quantitative estimate of drug-likeness (QED) is 0.340. The first-order valence-electron chi connectivity index (χ1n) is 6.37. The summed E-state index contributed by atoms with van der Waals surface area (Å²) in [5, 5.41) is 0. The first-order chi connectivity index (χ1) is 8.53. The van der Waals surface area contributed by atoms with Gasteiger partial charge in [0.15, 0.2) is 6.29 Å². The zero-order valence-electron chi connectivity index (χ0n) is 11.4. The summed E-state index contributed by atoms with van der Waals surface area (Å²) in [6.45, 7) is 5.47. The Kier molecular flexibility index (Phi) is 8.20. The molecule has 0 saturated carbocycles. The molecule has 0 aliphatic carbocycles. The predicted octanol–water partition coefficient (Wildman–Crippen LogP) is 2.02. The van der Waals surface area contributed by atoms with E-state index in [1.54, 1.807) is 13.8 Å². The topological polar surface area (TPSA) is 69.7 Å². The minimum Gasteiger partial charge on any atom is -0.426 e. The van der Waals surface area contributed by atoms with Crippen molar-refractivity contribution in [2.45, 2.75) is 58.7 Å². The molecule has 0 amide bonds. The second kappa shape index (κ2) is 8.80. The van der Waals surface area contributed by atoms with Crippen molar-refractivity contribution in [1.29, 1.82) is 0 Å². The number of carbonyl (C=O) groups is 3. The fraction of sp³-hybridized carbons (Fsp3) is 0.769. The van der Waals surface area contributed by atoms with Crippen molar-refractivity contribution < 1.29 is 23.9 Å². The number of hydrogen-bond acceptors (Lipinski definition) is 5. The molecule has 0 aliphatic rings. The number of Topliss-reactive ketones (excluding diaryl/α,β-unsaturated/α-hetero) is 1. The Hall–Kier alpha value is -1.23. The molecular weight excluding hydrogens is 236 g/mol. The summed E-state index contributed by atoms with van der Waals surface area (Å²) >= 11 is 0. The van der Waals surface area contributed by atoms with Gasteiger partial charge in [0.25, 0.3) is 5.79 Å². The number of ether oxygens (including phenoxy) is 2. The van der Waals surface area contributed by atoms with E-state index < -0.39 is 11.8 Å². The highest BCUT2D eigenvalue weighted by Gasteiger charge is 2.35. The molecule has 0 heterocycles. The molecule has 0 aliphatic heterocycles. The Labute approximate surface area is 108 Å². The molecule has 0 N–H and O–H groups in total. The van der Waals surface area contributed by atoms with E-state index in [-0.39, 0.29) is 31.7 Å². The van der Waals surface area contributed by atoms with E-state index in [2.05, 4.69) is 0 Å². The summed E-state index contributed by atoms with van der Waals surface area (Å²) in [5.41, 5.74) is 0. The summed E-state index contributed by atoms with van der Waals surface area (Å²) in [7, 11) is 0. The SMILES string of the molecule is CCCC(=O)CCC(C=O)(OCC)OC(=O)CC. The van der Waals surface area contributed by atoms with Crippen molar-refractivity contribution in [3.63, 3.8) is 0 Å². The van der Waals surface area contributed by atoms with Crippen LogP contribution in [0, 0.1) is 0 Å². The van der Waals surface area contributed by atoms with Crippen molar-refractivity contribution in [2.24, 2.45) is 0 Å². The Balaban J connectivity index is 4.59. The zero-order valence-corrected chi connectivity index (χ0v) is 11.4. The Morgan fingerprint density at radius 2 is 1.83 bits per heavy atom. The van der Waals surface area contributed by atoms with E-state index in [1.807, 2.05) is 6.92 Å². The third kappa shape index (κ3) is 5.91. The van der Waals surface area contributed by atoms with Crippen molar-refractivity contribution >= 4 is 18.0 Å². The highest BCUT2D eigenvalue weighted by molar-refractivity contribution is 5.79. The van der Waals surface area contributed by atoms with E-state index in [4.69, 9.17) is 9.47 Å². The maximum Gasteiger partial charge on any atom is 0.308 e. The van der Waals surface area contributed by atoms with Gasteiger partial charge in [-0.1, -0.05) is 13.8 Å². The minimum atomic E-state index is -1.61. The molecule has 0 aromatic carbocycles. The molecule has 0 fully saturated rings. The van der Waals surface area contributed by atoms with E-state index >= 15 is 0 Å². The van der Waals surface area contributed by atoms with Crippen molar-refractivity contribution in [2.75, 3.05) is 6.61 Å². The number of aldehydes is 1. The monoisotopic (exact) mass is 258 g/mol. The van der Waals surface area contributed by atoms with Gasteiger partial charge in [0.1, 0.15) is 5.78 Å². The molecule has 0 spiro atoms. The van der Waals surface area contributed by atoms with Crippen LogP contribution in [0.2, 0.25) is 0 Å². The molecular formula is C13H22O5. The summed E-state index contributed by atoms with van der Waals surface area (Å²) in [5.74, 6) is -2.08. The van der Waals surface area contributed by atoms with Crippen LogP contribution in [0.1, 0.15) is 52.9 Å². The minimum absolute atomic E-state index is 0.0379. The average molecular weight is 258 g/mol. The van der Waals surface area contributed by atoms with Crippen LogP contribution in [0.5, 0.6) is 0 Å². The largest absolute Gasteiger partial charge is 0.426 e. The molecule has 5 nitrogen and oxygen atoms in total. The van der Waals surface area contributed by atoms with Gasteiger partial charge >= 0.3 is 5.97 Å². The normalized spacial score (nSPS) is 13.7. The Bertz CT molecular complexity index is 287. The molecule has 0 aromatic rings. The van der Waals surface area contributed by atoms with Gasteiger partial charge in [-0.3, -0.25) is 14.4 Å². The lowest BCUT2D eigenvalue weighted by atomic mass is 10.1. The van der Waals surface area contributed by atoms with Crippen LogP contribution < -0.4 is 0 Å². The highest BCUT2D eigenvalue weighted by atomic mass is 16.7. The predicted molar refractivity (Wildman–Crippen MR) is 66.0 cm³/mol. The molecule has 0 saturated heterocycles. The fourth-order valence-corrected chi connectivity index (χ4v) is 1.50. The summed E-state index contributed by atoms with van der Waals surface area (Å²) in [6, 6.07) is 0. The Morgan fingerprint density at radius 3 is 2.28 bits per heavy atom. The van der Waals surface area contributed by atoms with E-state index in [9.17, 15) is 14.4 Å². The van der Waals surface area contributed by atoms with Gasteiger partial charge < -0.3 is 9.47 Å². The number of esters is 1. The third-order valence-electron chi connectivity index (χ3n) is 2.42. The van der Waals surface area contributed by atoms with E-state index in [0.29, 0.717) is 12.7 Å². The second-order valence-corrected chi connectivity index (χ2v) is 3.98. The molecule has 0 bridgehead atoms. The second-order valence-electron chi connectivity index (χ2n) is 3.98. The van der Waals surface area contributed by atoms with Crippen LogP contribution in [-0.4, -0.2) is 30.4 Å². The summed E-state index contributed by atoms with van der Waals surface area (Å²) < 4.78 is 10.2. The molecule has 0 radical (unpaired) electrons. The molecule has 1 atom stereocenters. The smallest absolute Gasteiger partial charge is 0.308 e.